The van der Waals surface area contributed by atoms with Crippen LogP contribution in [0.4, 0.5) is 0 Å². The van der Waals surface area contributed by atoms with E-state index in [0.717, 1.165) is 103 Å². The molecular formula is C46H80N2O6P+. The average molecular weight is 788 g/mol. The zero-order chi connectivity index (χ0) is 40.7. The predicted octanol–water partition coefficient (Wildman–Crippen LogP) is 11.6. The molecule has 3 N–H and O–H groups in total. The Bertz CT molecular complexity index is 1210. The monoisotopic (exact) mass is 788 g/mol. The van der Waals surface area contributed by atoms with Gasteiger partial charge in [-0.1, -0.05) is 143 Å². The minimum absolute atomic E-state index is 0.0434. The van der Waals surface area contributed by atoms with Gasteiger partial charge in [-0.2, -0.15) is 0 Å². The van der Waals surface area contributed by atoms with E-state index in [2.05, 4.69) is 104 Å². The number of likely N-dealkylation sites (N-methyl/N-ethyl adjacent to an activating group) is 1. The van der Waals surface area contributed by atoms with Gasteiger partial charge in [-0.15, -0.1) is 0 Å². The first-order valence-corrected chi connectivity index (χ1v) is 22.6. The average Bonchev–Trinajstić information content (AvgIpc) is 3.13. The van der Waals surface area contributed by atoms with Crippen molar-refractivity contribution in [1.29, 1.82) is 0 Å². The molecule has 9 heteroatoms. The van der Waals surface area contributed by atoms with Crippen LogP contribution in [0.25, 0.3) is 0 Å². The zero-order valence-corrected chi connectivity index (χ0v) is 36.3. The number of nitrogens with zero attached hydrogens (tertiary/aromatic N) is 1. The molecule has 0 bridgehead atoms. The number of carbonyl (C=O) groups is 1. The van der Waals surface area contributed by atoms with Crippen molar-refractivity contribution in [3.05, 3.63) is 97.2 Å². The number of unbranched alkanes of at least 4 members (excludes halogenated alkanes) is 9. The molecule has 0 aliphatic carbocycles. The van der Waals surface area contributed by atoms with Gasteiger partial charge >= 0.3 is 7.82 Å². The van der Waals surface area contributed by atoms with Gasteiger partial charge in [0.25, 0.3) is 0 Å². The first-order chi connectivity index (χ1) is 26.5. The van der Waals surface area contributed by atoms with Crippen LogP contribution in [0.2, 0.25) is 0 Å². The smallest absolute Gasteiger partial charge is 0.387 e. The third-order valence-corrected chi connectivity index (χ3v) is 9.50. The van der Waals surface area contributed by atoms with Gasteiger partial charge in [0.2, 0.25) is 5.91 Å². The second-order valence-corrected chi connectivity index (χ2v) is 16.4. The van der Waals surface area contributed by atoms with Gasteiger partial charge in [0.05, 0.1) is 39.9 Å². The summed E-state index contributed by atoms with van der Waals surface area (Å²) in [6.45, 7) is 4.56. The lowest BCUT2D eigenvalue weighted by atomic mass is 10.1. The summed E-state index contributed by atoms with van der Waals surface area (Å²) in [4.78, 5) is 23.1. The van der Waals surface area contributed by atoms with E-state index in [1.54, 1.807) is 6.08 Å². The van der Waals surface area contributed by atoms with E-state index in [-0.39, 0.29) is 19.1 Å². The fraction of sp³-hybridized carbons (Fsp3) is 0.630. The molecule has 0 spiro atoms. The third kappa shape index (κ3) is 39.5. The van der Waals surface area contributed by atoms with Crippen LogP contribution >= 0.6 is 7.82 Å². The van der Waals surface area contributed by atoms with E-state index in [1.165, 1.54) is 12.8 Å². The Hall–Kier alpha value is -2.58. The summed E-state index contributed by atoms with van der Waals surface area (Å²) < 4.78 is 23.5. The summed E-state index contributed by atoms with van der Waals surface area (Å²) in [6.07, 6.45) is 51.9. The number of quaternary nitrogens is 1. The molecule has 0 aromatic heterocycles. The minimum Gasteiger partial charge on any atom is -0.387 e. The maximum Gasteiger partial charge on any atom is 0.472 e. The standard InChI is InChI=1S/C46H79N2O6P/c1-6-8-10-12-14-16-18-20-21-22-23-24-25-26-27-28-30-32-34-36-38-40-46(50)47-44(43-54-55(51,52)53-42-41-48(3,4)5)45(49)39-37-35-33-31-29-19-17-15-13-11-9-7-2/h8,10,13-16,20-21,23-24,26-27,29,31,37,39,44-45,49H,6-7,9,11-12,17-19,22,25,28,30,32-36,38,40-43H2,1-5H3,(H-,47,50,51,52)/p+1/b10-8-,15-13+,16-14-,21-20-,24-23-,27-26-,31-29+,39-37+. The van der Waals surface area contributed by atoms with Gasteiger partial charge in [-0.25, -0.2) is 4.57 Å². The van der Waals surface area contributed by atoms with Crippen LogP contribution in [-0.4, -0.2) is 73.4 Å². The first-order valence-electron chi connectivity index (χ1n) is 21.1. The zero-order valence-electron chi connectivity index (χ0n) is 35.4. The van der Waals surface area contributed by atoms with Crippen LogP contribution in [0.1, 0.15) is 136 Å². The van der Waals surface area contributed by atoms with Crippen molar-refractivity contribution in [1.82, 2.24) is 5.32 Å². The molecule has 0 aromatic rings. The molecule has 1 amide bonds. The van der Waals surface area contributed by atoms with E-state index >= 15 is 0 Å². The summed E-state index contributed by atoms with van der Waals surface area (Å²) in [7, 11) is 1.51. The quantitative estimate of drug-likeness (QED) is 0.0253. The van der Waals surface area contributed by atoms with Gasteiger partial charge in [0.1, 0.15) is 13.2 Å². The van der Waals surface area contributed by atoms with Crippen LogP contribution in [0.3, 0.4) is 0 Å². The second-order valence-electron chi connectivity index (χ2n) is 15.0. The highest BCUT2D eigenvalue weighted by molar-refractivity contribution is 7.47. The molecule has 0 heterocycles. The number of allylic oxidation sites excluding steroid dienone is 15. The molecule has 0 aromatic carbocycles. The normalized spacial score (nSPS) is 15.4. The highest BCUT2D eigenvalue weighted by atomic mass is 31.2. The highest BCUT2D eigenvalue weighted by Gasteiger charge is 2.27. The van der Waals surface area contributed by atoms with Crippen molar-refractivity contribution in [2.24, 2.45) is 0 Å². The molecule has 0 rings (SSSR count). The van der Waals surface area contributed by atoms with Crippen molar-refractivity contribution >= 4 is 13.7 Å². The van der Waals surface area contributed by atoms with Crippen molar-refractivity contribution in [2.75, 3.05) is 40.9 Å². The Morgan fingerprint density at radius 3 is 1.67 bits per heavy atom. The van der Waals surface area contributed by atoms with E-state index in [9.17, 15) is 19.4 Å². The van der Waals surface area contributed by atoms with Crippen molar-refractivity contribution in [3.63, 3.8) is 0 Å². The Kier molecular flexibility index (Phi) is 35.3. The second kappa shape index (κ2) is 37.0. The van der Waals surface area contributed by atoms with Crippen molar-refractivity contribution in [2.45, 2.75) is 148 Å². The lowest BCUT2D eigenvalue weighted by Gasteiger charge is -2.25. The van der Waals surface area contributed by atoms with Gasteiger partial charge in [-0.3, -0.25) is 13.8 Å². The van der Waals surface area contributed by atoms with E-state index in [1.807, 2.05) is 27.2 Å². The highest BCUT2D eigenvalue weighted by Crippen LogP contribution is 2.43. The molecule has 0 saturated heterocycles. The number of nitrogens with one attached hydrogen (secondary N) is 1. The number of rotatable bonds is 36. The van der Waals surface area contributed by atoms with Crippen LogP contribution in [0.5, 0.6) is 0 Å². The number of amides is 1. The number of aliphatic hydroxyl groups excluding tert-OH is 1. The van der Waals surface area contributed by atoms with E-state index < -0.39 is 20.0 Å². The van der Waals surface area contributed by atoms with E-state index in [4.69, 9.17) is 9.05 Å². The maximum absolute atomic E-state index is 12.8. The van der Waals surface area contributed by atoms with Gasteiger partial charge in [-0.05, 0) is 83.5 Å². The van der Waals surface area contributed by atoms with Crippen LogP contribution in [-0.2, 0) is 18.4 Å². The van der Waals surface area contributed by atoms with Crippen LogP contribution < -0.4 is 5.32 Å². The molecule has 0 radical (unpaired) electrons. The van der Waals surface area contributed by atoms with Crippen LogP contribution in [0.15, 0.2) is 97.2 Å². The number of aliphatic hydroxyl groups is 1. The Balaban J connectivity index is 4.52. The van der Waals surface area contributed by atoms with Crippen molar-refractivity contribution in [3.8, 4) is 0 Å². The predicted molar refractivity (Wildman–Crippen MR) is 235 cm³/mol. The maximum atomic E-state index is 12.8. The Labute approximate surface area is 337 Å². The molecule has 0 aliphatic heterocycles. The molecule has 0 aliphatic rings. The Morgan fingerprint density at radius 1 is 0.636 bits per heavy atom. The van der Waals surface area contributed by atoms with E-state index in [0.29, 0.717) is 17.4 Å². The third-order valence-electron chi connectivity index (χ3n) is 8.52. The topological polar surface area (TPSA) is 105 Å². The summed E-state index contributed by atoms with van der Waals surface area (Å²) >= 11 is 0. The molecule has 8 nitrogen and oxygen atoms in total. The largest absolute Gasteiger partial charge is 0.472 e. The number of hydrogen-bond acceptors (Lipinski definition) is 5. The summed E-state index contributed by atoms with van der Waals surface area (Å²) in [5.41, 5.74) is 0. The fourth-order valence-electron chi connectivity index (χ4n) is 5.14. The van der Waals surface area contributed by atoms with Gasteiger partial charge in [0, 0.05) is 6.42 Å². The summed E-state index contributed by atoms with van der Waals surface area (Å²) in [5.74, 6) is -0.217. The number of hydrogen-bond donors (Lipinski definition) is 3. The summed E-state index contributed by atoms with van der Waals surface area (Å²) in [5, 5.41) is 13.7. The van der Waals surface area contributed by atoms with Gasteiger partial charge in [0.15, 0.2) is 0 Å². The SMILES string of the molecule is CC/C=C\C/C=C\C/C=C\C/C=C\C/C=C\CCCCCCCC(=O)NC(COP(=O)(O)OCC[N+](C)(C)C)C(O)/C=C/CC/C=C/CC/C=C/CCCC. The lowest BCUT2D eigenvalue weighted by molar-refractivity contribution is -0.870. The number of phosphoric acid groups is 1. The van der Waals surface area contributed by atoms with Gasteiger partial charge < -0.3 is 19.8 Å². The fourth-order valence-corrected chi connectivity index (χ4v) is 5.88. The Morgan fingerprint density at radius 2 is 1.11 bits per heavy atom. The summed E-state index contributed by atoms with van der Waals surface area (Å²) in [6, 6.07) is -0.885. The molecular weight excluding hydrogens is 707 g/mol. The molecule has 3 atom stereocenters. The van der Waals surface area contributed by atoms with Crippen molar-refractivity contribution < 1.29 is 32.9 Å². The first kappa shape index (κ1) is 52.4. The molecule has 55 heavy (non-hydrogen) atoms. The number of phosphoric ester groups is 1. The molecule has 0 saturated carbocycles. The van der Waals surface area contributed by atoms with Crippen LogP contribution in [0, 0.1) is 0 Å². The number of carbonyl (C=O) groups excluding carboxylic acids is 1. The molecule has 0 fully saturated rings. The minimum atomic E-state index is -4.36. The lowest BCUT2D eigenvalue weighted by Crippen LogP contribution is -2.45. The molecule has 3 unspecified atom stereocenters. The molecule has 314 valence electrons.